The molecule has 0 aliphatic heterocycles. The maximum absolute atomic E-state index is 10.1. The van der Waals surface area contributed by atoms with E-state index in [4.69, 9.17) is 0 Å². The molecule has 0 amide bonds. The zero-order chi connectivity index (χ0) is 5.44. The van der Waals surface area contributed by atoms with E-state index in [1.165, 1.54) is 6.07 Å². The van der Waals surface area contributed by atoms with Gasteiger partial charge in [0.2, 0.25) is 10.9 Å². The quantitative estimate of drug-likeness (QED) is 0.503. The molecule has 0 fully saturated rings. The van der Waals surface area contributed by atoms with E-state index in [0.29, 0.717) is 4.47 Å². The minimum absolute atomic E-state index is 0.387. The summed E-state index contributed by atoms with van der Waals surface area (Å²) >= 11 is 2.86. The predicted octanol–water partition coefficient (Wildman–Crippen LogP) is 0.0451. The van der Waals surface area contributed by atoms with Crippen molar-refractivity contribution in [2.24, 2.45) is 0 Å². The second-order valence-corrected chi connectivity index (χ2v) is 2.04. The monoisotopic (exact) mass is 160 g/mol. The number of hydrogen-bond acceptors (Lipinski definition) is 2. The van der Waals surface area contributed by atoms with Gasteiger partial charge in [-0.3, -0.25) is 9.59 Å². The fraction of sp³-hybridized carbons (Fsp3) is 0. The Morgan fingerprint density at radius 3 is 2.00 bits per heavy atom. The summed E-state index contributed by atoms with van der Waals surface area (Å²) in [6.45, 7) is 0. The fourth-order valence-electron chi connectivity index (χ4n) is 0.286. The van der Waals surface area contributed by atoms with E-state index < -0.39 is 10.9 Å². The van der Waals surface area contributed by atoms with Crippen LogP contribution in [0.5, 0.6) is 0 Å². The molecule has 0 N–H and O–H groups in total. The smallest absolute Gasteiger partial charge is 0.239 e. The van der Waals surface area contributed by atoms with E-state index in [2.05, 4.69) is 15.9 Å². The molecule has 0 spiro atoms. The Labute approximate surface area is 47.6 Å². The summed E-state index contributed by atoms with van der Waals surface area (Å²) < 4.78 is 0.387. The Morgan fingerprint density at radius 2 is 2.00 bits per heavy atom. The molecule has 3 heteroatoms. The molecule has 0 heterocycles. The first kappa shape index (κ1) is 4.71. The van der Waals surface area contributed by atoms with Crippen molar-refractivity contribution in [3.05, 3.63) is 31.0 Å². The van der Waals surface area contributed by atoms with Gasteiger partial charge < -0.3 is 0 Å². The van der Waals surface area contributed by atoms with Gasteiger partial charge in [0, 0.05) is 6.07 Å². The van der Waals surface area contributed by atoms with Crippen LogP contribution >= 0.6 is 15.9 Å². The molecule has 0 radical (unpaired) electrons. The van der Waals surface area contributed by atoms with Crippen LogP contribution in [0.3, 0.4) is 0 Å². The Bertz CT molecular complexity index is 243. The van der Waals surface area contributed by atoms with Crippen LogP contribution < -0.4 is 10.9 Å². The molecular weight excluding hydrogens is 160 g/mol. The highest BCUT2D eigenvalue weighted by Gasteiger charge is 2.02. The zero-order valence-electron chi connectivity index (χ0n) is 3.27. The molecule has 0 aliphatic rings. The summed E-state index contributed by atoms with van der Waals surface area (Å²) in [7, 11) is 0. The molecule has 1 aromatic carbocycles. The summed E-state index contributed by atoms with van der Waals surface area (Å²) in [5, 5.41) is 0. The van der Waals surface area contributed by atoms with E-state index in [1.807, 2.05) is 0 Å². The minimum Gasteiger partial charge on any atom is -0.285 e. The van der Waals surface area contributed by atoms with Crippen molar-refractivity contribution in [1.29, 1.82) is 0 Å². The Kier molecular flexibility index (Phi) is 0.852. The Hall–Kier alpha value is -0.440. The Balaban J connectivity index is 3.44. The van der Waals surface area contributed by atoms with E-state index in [0.717, 1.165) is 0 Å². The second kappa shape index (κ2) is 1.26. The van der Waals surface area contributed by atoms with Crippen LogP contribution in [0.1, 0.15) is 0 Å². The molecule has 0 atom stereocenters. The molecular formula is C4HBrO2. The van der Waals surface area contributed by atoms with Crippen LogP contribution in [0, 0.1) is 0 Å². The average Bonchev–Trinajstić information content (AvgIpc) is 1.68. The first-order valence-corrected chi connectivity index (χ1v) is 2.47. The molecule has 1 rings (SSSR count). The summed E-state index contributed by atoms with van der Waals surface area (Å²) in [5.74, 6) is 0. The normalized spacial score (nSPS) is 9.86. The Morgan fingerprint density at radius 1 is 1.43 bits per heavy atom. The average molecular weight is 161 g/mol. The van der Waals surface area contributed by atoms with Crippen LogP contribution in [0.15, 0.2) is 20.1 Å². The number of halogens is 1. The topological polar surface area (TPSA) is 34.1 Å². The molecule has 0 bridgehead atoms. The van der Waals surface area contributed by atoms with Gasteiger partial charge >= 0.3 is 0 Å². The zero-order valence-corrected chi connectivity index (χ0v) is 4.86. The van der Waals surface area contributed by atoms with Crippen molar-refractivity contribution in [2.75, 3.05) is 0 Å². The molecule has 0 aliphatic carbocycles. The predicted molar refractivity (Wildman–Crippen MR) is 29.1 cm³/mol. The lowest BCUT2D eigenvalue weighted by Crippen LogP contribution is -2.29. The summed E-state index contributed by atoms with van der Waals surface area (Å²) in [6, 6.07) is 1.25. The molecule has 0 saturated carbocycles. The summed E-state index contributed by atoms with van der Waals surface area (Å²) in [6.07, 6.45) is 0. The van der Waals surface area contributed by atoms with Gasteiger partial charge in [-0.25, -0.2) is 0 Å². The van der Waals surface area contributed by atoms with Gasteiger partial charge in [-0.1, -0.05) is 0 Å². The van der Waals surface area contributed by atoms with Crippen molar-refractivity contribution >= 4 is 15.9 Å². The van der Waals surface area contributed by atoms with Gasteiger partial charge in [-0.15, -0.1) is 0 Å². The molecule has 2 nitrogen and oxygen atoms in total. The van der Waals surface area contributed by atoms with Gasteiger partial charge in [-0.05, 0) is 15.9 Å². The maximum Gasteiger partial charge on any atom is 0.239 e. The van der Waals surface area contributed by atoms with Gasteiger partial charge in [0.15, 0.2) is 0 Å². The first-order chi connectivity index (χ1) is 3.22. The van der Waals surface area contributed by atoms with Crippen LogP contribution in [-0.4, -0.2) is 0 Å². The largest absolute Gasteiger partial charge is 0.285 e. The van der Waals surface area contributed by atoms with Crippen molar-refractivity contribution in [3.8, 4) is 0 Å². The van der Waals surface area contributed by atoms with E-state index >= 15 is 0 Å². The third kappa shape index (κ3) is 0.527. The van der Waals surface area contributed by atoms with Crippen molar-refractivity contribution in [3.63, 3.8) is 0 Å². The van der Waals surface area contributed by atoms with Crippen molar-refractivity contribution in [1.82, 2.24) is 0 Å². The summed E-state index contributed by atoms with van der Waals surface area (Å²) in [5.41, 5.74) is -0.827. The van der Waals surface area contributed by atoms with Crippen LogP contribution in [0.25, 0.3) is 0 Å². The lowest BCUT2D eigenvalue weighted by molar-refractivity contribution is 1.37. The second-order valence-electron chi connectivity index (χ2n) is 1.19. The third-order valence-electron chi connectivity index (χ3n) is 0.699. The van der Waals surface area contributed by atoms with Gasteiger partial charge in [0.1, 0.15) is 0 Å². The standard InChI is InChI=1S/C4HBrO2/c5-2-1-3(6)4(2)7/h1H. The number of rotatable bonds is 0. The fourth-order valence-corrected chi connectivity index (χ4v) is 0.689. The molecule has 0 aromatic heterocycles. The molecule has 0 saturated heterocycles. The summed E-state index contributed by atoms with van der Waals surface area (Å²) in [4.78, 5) is 20.1. The van der Waals surface area contributed by atoms with Crippen molar-refractivity contribution < 1.29 is 0 Å². The molecule has 0 unspecified atom stereocenters. The lowest BCUT2D eigenvalue weighted by atomic mass is 10.3. The van der Waals surface area contributed by atoms with E-state index in [1.54, 1.807) is 0 Å². The highest BCUT2D eigenvalue weighted by molar-refractivity contribution is 9.10. The molecule has 7 heavy (non-hydrogen) atoms. The van der Waals surface area contributed by atoms with E-state index in [-0.39, 0.29) is 0 Å². The number of hydrogen-bond donors (Lipinski definition) is 0. The minimum atomic E-state index is -0.417. The van der Waals surface area contributed by atoms with Gasteiger partial charge in [0.05, 0.1) is 4.47 Å². The first-order valence-electron chi connectivity index (χ1n) is 1.67. The molecule has 36 valence electrons. The molecule has 1 aromatic rings. The third-order valence-corrected chi connectivity index (χ3v) is 1.29. The maximum atomic E-state index is 10.1. The van der Waals surface area contributed by atoms with Crippen LogP contribution in [-0.2, 0) is 0 Å². The highest BCUT2D eigenvalue weighted by atomic mass is 79.9. The van der Waals surface area contributed by atoms with Gasteiger partial charge in [-0.2, -0.15) is 0 Å². The lowest BCUT2D eigenvalue weighted by Gasteiger charge is -1.82. The van der Waals surface area contributed by atoms with Crippen LogP contribution in [0.4, 0.5) is 0 Å². The van der Waals surface area contributed by atoms with Crippen molar-refractivity contribution in [2.45, 2.75) is 0 Å². The van der Waals surface area contributed by atoms with Gasteiger partial charge in [0.25, 0.3) is 0 Å². The SMILES string of the molecule is O=c1cc(Br)c1=O. The van der Waals surface area contributed by atoms with E-state index in [9.17, 15) is 9.59 Å². The van der Waals surface area contributed by atoms with Crippen LogP contribution in [0.2, 0.25) is 0 Å². The highest BCUT2D eigenvalue weighted by Crippen LogP contribution is 1.96.